The number of likely N-dealkylation sites (N-methyl/N-ethyl adjacent to an activating group) is 1. The van der Waals surface area contributed by atoms with Gasteiger partial charge in [-0.15, -0.1) is 0 Å². The van der Waals surface area contributed by atoms with E-state index in [0.717, 1.165) is 48.1 Å². The highest BCUT2D eigenvalue weighted by Crippen LogP contribution is 2.29. The summed E-state index contributed by atoms with van der Waals surface area (Å²) in [5.41, 5.74) is 2.15. The van der Waals surface area contributed by atoms with Gasteiger partial charge in [-0.25, -0.2) is 0 Å². The van der Waals surface area contributed by atoms with E-state index in [2.05, 4.69) is 20.0 Å². The number of piperidine rings is 2. The number of hydrogen-bond acceptors (Lipinski definition) is 7. The Morgan fingerprint density at radius 1 is 1.08 bits per heavy atom. The number of hydrogen-bond donors (Lipinski definition) is 1. The molecule has 0 spiro atoms. The van der Waals surface area contributed by atoms with Crippen molar-refractivity contribution in [3.8, 4) is 0 Å². The third-order valence-electron chi connectivity index (χ3n) is 8.79. The van der Waals surface area contributed by atoms with Gasteiger partial charge in [0.15, 0.2) is 0 Å². The Bertz CT molecular complexity index is 997. The van der Waals surface area contributed by atoms with Gasteiger partial charge in [0, 0.05) is 56.3 Å². The van der Waals surface area contributed by atoms with E-state index >= 15 is 0 Å². The molecule has 4 rings (SSSR count). The van der Waals surface area contributed by atoms with Crippen molar-refractivity contribution >= 4 is 30.2 Å². The Kier molecular flexibility index (Phi) is 10.5. The number of amides is 3. The molecule has 1 unspecified atom stereocenters. The highest BCUT2D eigenvalue weighted by atomic mass is 16.2. The lowest BCUT2D eigenvalue weighted by Crippen LogP contribution is -2.54. The van der Waals surface area contributed by atoms with Gasteiger partial charge in [-0.3, -0.25) is 19.3 Å². The molecule has 1 aromatic carbocycles. The lowest BCUT2D eigenvalue weighted by molar-refractivity contribution is -0.130. The minimum absolute atomic E-state index is 0.241. The van der Waals surface area contributed by atoms with E-state index in [1.165, 1.54) is 65.3 Å². The molecule has 3 aliphatic rings. The number of carbonyl (C=O) groups is 4. The van der Waals surface area contributed by atoms with Crippen molar-refractivity contribution in [2.45, 2.75) is 70.4 Å². The van der Waals surface area contributed by atoms with E-state index in [4.69, 9.17) is 0 Å². The molecule has 0 aliphatic carbocycles. The zero-order chi connectivity index (χ0) is 27.8. The maximum absolute atomic E-state index is 13.5. The summed E-state index contributed by atoms with van der Waals surface area (Å²) in [6.07, 6.45) is 8.80. The van der Waals surface area contributed by atoms with Crippen LogP contribution >= 0.6 is 0 Å². The Balaban J connectivity index is 1.32. The van der Waals surface area contributed by atoms with Crippen molar-refractivity contribution in [2.24, 2.45) is 5.92 Å². The van der Waals surface area contributed by atoms with Gasteiger partial charge in [0.1, 0.15) is 12.3 Å². The molecular weight excluding hydrogens is 494 g/mol. The topological polar surface area (TPSA) is 93.3 Å². The molecule has 214 valence electrons. The van der Waals surface area contributed by atoms with E-state index < -0.39 is 17.9 Å². The summed E-state index contributed by atoms with van der Waals surface area (Å²) in [6, 6.07) is 5.60. The molecule has 3 heterocycles. The summed E-state index contributed by atoms with van der Waals surface area (Å²) < 4.78 is 0. The second-order valence-electron chi connectivity index (χ2n) is 11.4. The molecule has 1 N–H and O–H groups in total. The van der Waals surface area contributed by atoms with Crippen LogP contribution in [0, 0.1) is 12.8 Å². The number of unbranched alkanes of at least 4 members (excludes halogenated alkanes) is 1. The molecule has 3 saturated heterocycles. The normalized spacial score (nSPS) is 20.2. The lowest BCUT2D eigenvalue weighted by Gasteiger charge is -2.45. The number of anilines is 1. The Hall–Kier alpha value is -2.78. The third-order valence-corrected chi connectivity index (χ3v) is 8.79. The quantitative estimate of drug-likeness (QED) is 0.322. The minimum Gasteiger partial charge on any atom is -0.371 e. The second-order valence-corrected chi connectivity index (χ2v) is 11.4. The molecule has 39 heavy (non-hydrogen) atoms. The summed E-state index contributed by atoms with van der Waals surface area (Å²) in [6.45, 7) is 9.78. The van der Waals surface area contributed by atoms with Crippen LogP contribution in [-0.4, -0.2) is 104 Å². The maximum atomic E-state index is 13.5. The number of carbonyl (C=O) groups excluding carboxylic acids is 4. The number of imide groups is 1. The number of aryl methyl sites for hydroxylation is 1. The van der Waals surface area contributed by atoms with Gasteiger partial charge >= 0.3 is 0 Å². The van der Waals surface area contributed by atoms with Crippen molar-refractivity contribution in [2.75, 3.05) is 57.8 Å². The highest BCUT2D eigenvalue weighted by molar-refractivity contribution is 6.04. The highest BCUT2D eigenvalue weighted by Gasteiger charge is 2.33. The van der Waals surface area contributed by atoms with Crippen LogP contribution in [0.1, 0.15) is 67.3 Å². The van der Waals surface area contributed by atoms with Gasteiger partial charge in [0.05, 0.1) is 0 Å². The van der Waals surface area contributed by atoms with Crippen molar-refractivity contribution in [1.82, 2.24) is 20.0 Å². The maximum Gasteiger partial charge on any atom is 0.261 e. The SMILES string of the molecule is CNC(=O)C(CCCC=O)N(C=O)C(=O)c1cc(N2CC(CN3CCC(N4CCCCC4)CC3)C2)ccc1C. The number of rotatable bonds is 12. The standard InChI is InChI=1S/C30H45N5O4/c1-23-9-10-26(18-27(23)30(39)35(22-37)28(29(38)31-2)8-4-7-17-36)34-20-24(21-34)19-32-15-11-25(12-16-32)33-13-5-3-6-14-33/h9-10,17-18,22,24-25,28H,3-8,11-16,19-21H2,1-2H3,(H,31,38). The molecule has 0 bridgehead atoms. The van der Waals surface area contributed by atoms with E-state index in [0.29, 0.717) is 24.3 Å². The molecule has 9 nitrogen and oxygen atoms in total. The van der Waals surface area contributed by atoms with E-state index in [9.17, 15) is 19.2 Å². The van der Waals surface area contributed by atoms with Gasteiger partial charge in [0.2, 0.25) is 12.3 Å². The van der Waals surface area contributed by atoms with Crippen LogP contribution in [0.25, 0.3) is 0 Å². The molecule has 3 fully saturated rings. The van der Waals surface area contributed by atoms with Crippen LogP contribution in [0.5, 0.6) is 0 Å². The monoisotopic (exact) mass is 539 g/mol. The molecule has 1 aromatic rings. The minimum atomic E-state index is -0.949. The summed E-state index contributed by atoms with van der Waals surface area (Å²) in [5, 5.41) is 2.54. The number of nitrogens with zero attached hydrogens (tertiary/aromatic N) is 4. The van der Waals surface area contributed by atoms with Gasteiger partial charge in [0.25, 0.3) is 5.91 Å². The van der Waals surface area contributed by atoms with Crippen LogP contribution in [0.4, 0.5) is 5.69 Å². The van der Waals surface area contributed by atoms with Crippen molar-refractivity contribution in [3.05, 3.63) is 29.3 Å². The van der Waals surface area contributed by atoms with E-state index in [1.807, 2.05) is 25.1 Å². The zero-order valence-electron chi connectivity index (χ0n) is 23.6. The van der Waals surface area contributed by atoms with E-state index in [1.54, 1.807) is 0 Å². The third kappa shape index (κ3) is 7.25. The predicted octanol–water partition coefficient (Wildman–Crippen LogP) is 2.46. The number of likely N-dealkylation sites (tertiary alicyclic amines) is 2. The molecule has 3 amide bonds. The van der Waals surface area contributed by atoms with Gasteiger partial charge in [-0.1, -0.05) is 12.5 Å². The van der Waals surface area contributed by atoms with Crippen LogP contribution in [-0.2, 0) is 14.4 Å². The molecule has 9 heteroatoms. The smallest absolute Gasteiger partial charge is 0.261 e. The molecular formula is C30H45N5O4. The Morgan fingerprint density at radius 2 is 1.79 bits per heavy atom. The van der Waals surface area contributed by atoms with Crippen LogP contribution in [0.15, 0.2) is 18.2 Å². The van der Waals surface area contributed by atoms with E-state index in [-0.39, 0.29) is 12.8 Å². The van der Waals surface area contributed by atoms with Crippen molar-refractivity contribution in [3.63, 3.8) is 0 Å². The van der Waals surface area contributed by atoms with Crippen molar-refractivity contribution < 1.29 is 19.2 Å². The van der Waals surface area contributed by atoms with Crippen LogP contribution in [0.2, 0.25) is 0 Å². The fourth-order valence-electron chi connectivity index (χ4n) is 6.41. The fourth-order valence-corrected chi connectivity index (χ4v) is 6.41. The molecule has 0 radical (unpaired) electrons. The molecule has 0 saturated carbocycles. The first-order chi connectivity index (χ1) is 18.9. The largest absolute Gasteiger partial charge is 0.371 e. The lowest BCUT2D eigenvalue weighted by atomic mass is 9.94. The summed E-state index contributed by atoms with van der Waals surface area (Å²) in [7, 11) is 1.48. The number of nitrogens with one attached hydrogen (secondary N) is 1. The summed E-state index contributed by atoms with van der Waals surface area (Å²) in [5.74, 6) is -0.294. The van der Waals surface area contributed by atoms with Gasteiger partial charge in [-0.2, -0.15) is 0 Å². The summed E-state index contributed by atoms with van der Waals surface area (Å²) >= 11 is 0. The molecule has 0 aromatic heterocycles. The number of benzene rings is 1. The number of aldehydes is 1. The molecule has 1 atom stereocenters. The Morgan fingerprint density at radius 3 is 2.44 bits per heavy atom. The first-order valence-electron chi connectivity index (χ1n) is 14.7. The van der Waals surface area contributed by atoms with Crippen LogP contribution in [0.3, 0.4) is 0 Å². The predicted molar refractivity (Wildman–Crippen MR) is 152 cm³/mol. The average Bonchev–Trinajstić information content (AvgIpc) is 2.95. The summed E-state index contributed by atoms with van der Waals surface area (Å²) in [4.78, 5) is 57.3. The second kappa shape index (κ2) is 14.0. The van der Waals surface area contributed by atoms with Gasteiger partial charge < -0.3 is 24.8 Å². The zero-order valence-corrected chi connectivity index (χ0v) is 23.6. The molecule has 3 aliphatic heterocycles. The first-order valence-corrected chi connectivity index (χ1v) is 14.7. The van der Waals surface area contributed by atoms with Gasteiger partial charge in [-0.05, 0) is 89.3 Å². The first kappa shape index (κ1) is 29.2. The fraction of sp³-hybridized carbons (Fsp3) is 0.667. The van der Waals surface area contributed by atoms with Crippen molar-refractivity contribution in [1.29, 1.82) is 0 Å². The Labute approximate surface area is 232 Å². The average molecular weight is 540 g/mol. The van der Waals surface area contributed by atoms with Crippen LogP contribution < -0.4 is 10.2 Å².